The van der Waals surface area contributed by atoms with Crippen LogP contribution in [0.5, 0.6) is 5.75 Å². The van der Waals surface area contributed by atoms with E-state index in [1.807, 2.05) is 0 Å². The molecule has 7 heteroatoms. The van der Waals surface area contributed by atoms with E-state index in [9.17, 15) is 19.7 Å². The fourth-order valence-electron chi connectivity index (χ4n) is 1.45. The van der Waals surface area contributed by atoms with Crippen molar-refractivity contribution in [2.24, 2.45) is 0 Å². The molecular formula is C12H14N2O5. The number of nitrogens with one attached hydrogen (secondary N) is 1. The second-order valence-electron chi connectivity index (χ2n) is 3.80. The van der Waals surface area contributed by atoms with Gasteiger partial charge in [0.1, 0.15) is 17.2 Å². The van der Waals surface area contributed by atoms with Crippen LogP contribution in [0.1, 0.15) is 20.3 Å². The maximum Gasteiger partial charge on any atom is 0.296 e. The minimum atomic E-state index is -0.619. The second kappa shape index (κ2) is 6.48. The highest BCUT2D eigenvalue weighted by Crippen LogP contribution is 2.29. The average molecular weight is 266 g/mol. The Labute approximate surface area is 109 Å². The highest BCUT2D eigenvalue weighted by molar-refractivity contribution is 6.04. The molecule has 0 aromatic heterocycles. The van der Waals surface area contributed by atoms with Crippen LogP contribution in [0.2, 0.25) is 0 Å². The quantitative estimate of drug-likeness (QED) is 0.481. The molecule has 1 rings (SSSR count). The highest BCUT2D eigenvalue weighted by Gasteiger charge is 2.17. The molecule has 0 aliphatic carbocycles. The first-order valence-electron chi connectivity index (χ1n) is 5.64. The van der Waals surface area contributed by atoms with Gasteiger partial charge in [-0.3, -0.25) is 19.7 Å². The first-order chi connectivity index (χ1) is 8.93. The summed E-state index contributed by atoms with van der Waals surface area (Å²) in [6.45, 7) is 3.41. The number of nitrogens with zero attached hydrogens (tertiary/aromatic N) is 1. The van der Waals surface area contributed by atoms with E-state index in [1.165, 1.54) is 25.1 Å². The number of carbonyl (C=O) groups excluding carboxylic acids is 2. The molecule has 0 fully saturated rings. The molecule has 0 aliphatic rings. The third-order valence-corrected chi connectivity index (χ3v) is 2.16. The molecule has 0 unspecified atom stereocenters. The van der Waals surface area contributed by atoms with Crippen LogP contribution < -0.4 is 10.1 Å². The van der Waals surface area contributed by atoms with Crippen molar-refractivity contribution in [3.8, 4) is 5.75 Å². The molecule has 1 N–H and O–H groups in total. The van der Waals surface area contributed by atoms with E-state index in [1.54, 1.807) is 6.92 Å². The molecule has 7 nitrogen and oxygen atoms in total. The van der Waals surface area contributed by atoms with E-state index in [0.717, 1.165) is 0 Å². The average Bonchev–Trinajstić information content (AvgIpc) is 2.30. The summed E-state index contributed by atoms with van der Waals surface area (Å²) in [5.74, 6) is -0.551. The van der Waals surface area contributed by atoms with E-state index >= 15 is 0 Å². The van der Waals surface area contributed by atoms with Crippen LogP contribution in [-0.2, 0) is 9.59 Å². The van der Waals surface area contributed by atoms with Crippen LogP contribution in [0.4, 0.5) is 11.4 Å². The van der Waals surface area contributed by atoms with Gasteiger partial charge in [-0.1, -0.05) is 0 Å². The zero-order valence-electron chi connectivity index (χ0n) is 10.6. The molecule has 0 atom stereocenters. The van der Waals surface area contributed by atoms with Crippen LogP contribution in [0.15, 0.2) is 18.2 Å². The topological polar surface area (TPSA) is 98.5 Å². The van der Waals surface area contributed by atoms with Gasteiger partial charge in [-0.2, -0.15) is 0 Å². The van der Waals surface area contributed by atoms with Crippen molar-refractivity contribution in [3.63, 3.8) is 0 Å². The smallest absolute Gasteiger partial charge is 0.296 e. The summed E-state index contributed by atoms with van der Waals surface area (Å²) in [6, 6.07) is 4.12. The number of Topliss-reactive ketones (excluding diaryl/α,β-unsaturated/α-hetero) is 1. The number of nitro benzene ring substituents is 1. The number of hydrogen-bond acceptors (Lipinski definition) is 5. The minimum absolute atomic E-state index is 0.0414. The predicted molar refractivity (Wildman–Crippen MR) is 68.2 cm³/mol. The Kier molecular flexibility index (Phi) is 4.99. The number of benzene rings is 1. The summed E-state index contributed by atoms with van der Waals surface area (Å²) in [5, 5.41) is 13.2. The summed E-state index contributed by atoms with van der Waals surface area (Å²) in [4.78, 5) is 32.5. The van der Waals surface area contributed by atoms with E-state index in [0.29, 0.717) is 12.4 Å². The number of hydrogen-bond donors (Lipinski definition) is 1. The van der Waals surface area contributed by atoms with E-state index in [2.05, 4.69) is 5.32 Å². The van der Waals surface area contributed by atoms with Crippen molar-refractivity contribution in [1.82, 2.24) is 0 Å². The van der Waals surface area contributed by atoms with Gasteiger partial charge in [-0.15, -0.1) is 0 Å². The monoisotopic (exact) mass is 266 g/mol. The molecule has 0 heterocycles. The van der Waals surface area contributed by atoms with Crippen LogP contribution in [0, 0.1) is 10.1 Å². The van der Waals surface area contributed by atoms with Gasteiger partial charge in [-0.25, -0.2) is 0 Å². The van der Waals surface area contributed by atoms with Gasteiger partial charge < -0.3 is 10.1 Å². The molecule has 1 aromatic carbocycles. The number of anilines is 1. The molecule has 1 aromatic rings. The normalized spacial score (nSPS) is 9.79. The lowest BCUT2D eigenvalue weighted by Crippen LogP contribution is -2.15. The maximum atomic E-state index is 11.4. The van der Waals surface area contributed by atoms with Crippen LogP contribution in [-0.4, -0.2) is 23.2 Å². The van der Waals surface area contributed by atoms with Gasteiger partial charge in [0.2, 0.25) is 5.91 Å². The van der Waals surface area contributed by atoms with Gasteiger partial charge in [-0.05, 0) is 26.0 Å². The number of rotatable bonds is 6. The van der Waals surface area contributed by atoms with Crippen molar-refractivity contribution in [2.75, 3.05) is 11.9 Å². The molecule has 1 amide bonds. The lowest BCUT2D eigenvalue weighted by Gasteiger charge is -2.07. The first-order valence-corrected chi connectivity index (χ1v) is 5.64. The van der Waals surface area contributed by atoms with Gasteiger partial charge in [0.25, 0.3) is 5.69 Å². The molecule has 0 radical (unpaired) electrons. The lowest BCUT2D eigenvalue weighted by molar-refractivity contribution is -0.384. The third-order valence-electron chi connectivity index (χ3n) is 2.16. The molecule has 19 heavy (non-hydrogen) atoms. The number of nitro groups is 1. The molecule has 102 valence electrons. The summed E-state index contributed by atoms with van der Waals surface area (Å²) in [7, 11) is 0. The Morgan fingerprint density at radius 3 is 2.63 bits per heavy atom. The number of ether oxygens (including phenoxy) is 1. The molecular weight excluding hydrogens is 252 g/mol. The molecule has 0 aliphatic heterocycles. The predicted octanol–water partition coefficient (Wildman–Crippen LogP) is 1.91. The molecule has 0 saturated heterocycles. The fraction of sp³-hybridized carbons (Fsp3) is 0.333. The van der Waals surface area contributed by atoms with Crippen LogP contribution in [0.25, 0.3) is 0 Å². The van der Waals surface area contributed by atoms with Gasteiger partial charge >= 0.3 is 0 Å². The summed E-state index contributed by atoms with van der Waals surface area (Å²) in [5.41, 5.74) is -0.234. The van der Waals surface area contributed by atoms with Crippen molar-refractivity contribution in [3.05, 3.63) is 28.3 Å². The number of carbonyl (C=O) groups is 2. The van der Waals surface area contributed by atoms with Crippen molar-refractivity contribution >= 4 is 23.1 Å². The Morgan fingerprint density at radius 2 is 2.11 bits per heavy atom. The van der Waals surface area contributed by atoms with Crippen molar-refractivity contribution in [1.29, 1.82) is 0 Å². The Morgan fingerprint density at radius 1 is 1.42 bits per heavy atom. The van der Waals surface area contributed by atoms with E-state index < -0.39 is 10.8 Å². The summed E-state index contributed by atoms with van der Waals surface area (Å²) < 4.78 is 5.15. The summed E-state index contributed by atoms with van der Waals surface area (Å²) in [6.07, 6.45) is -0.315. The SMILES string of the molecule is CCOc1ccc(NC(=O)CC(C)=O)c([N+](=O)[O-])c1. The van der Waals surface area contributed by atoms with Crippen LogP contribution in [0.3, 0.4) is 0 Å². The molecule has 0 spiro atoms. The Balaban J connectivity index is 2.96. The minimum Gasteiger partial charge on any atom is -0.494 e. The Hall–Kier alpha value is -2.44. The van der Waals surface area contributed by atoms with Crippen molar-refractivity contribution < 1.29 is 19.2 Å². The largest absolute Gasteiger partial charge is 0.494 e. The molecule has 0 bridgehead atoms. The van der Waals surface area contributed by atoms with Gasteiger partial charge in [0, 0.05) is 0 Å². The van der Waals surface area contributed by atoms with E-state index in [4.69, 9.17) is 4.74 Å². The number of amides is 1. The maximum absolute atomic E-state index is 11.4. The lowest BCUT2D eigenvalue weighted by atomic mass is 10.2. The third kappa shape index (κ3) is 4.38. The summed E-state index contributed by atoms with van der Waals surface area (Å²) >= 11 is 0. The zero-order chi connectivity index (χ0) is 14.4. The number of ketones is 1. The second-order valence-corrected chi connectivity index (χ2v) is 3.80. The van der Waals surface area contributed by atoms with Gasteiger partial charge in [0.15, 0.2) is 0 Å². The highest BCUT2D eigenvalue weighted by atomic mass is 16.6. The molecule has 0 saturated carbocycles. The van der Waals surface area contributed by atoms with Crippen molar-refractivity contribution in [2.45, 2.75) is 20.3 Å². The first kappa shape index (κ1) is 14.6. The fourth-order valence-corrected chi connectivity index (χ4v) is 1.45. The van der Waals surface area contributed by atoms with Crippen LogP contribution >= 0.6 is 0 Å². The van der Waals surface area contributed by atoms with Gasteiger partial charge in [0.05, 0.1) is 24.0 Å². The Bertz CT molecular complexity index is 513. The standard InChI is InChI=1S/C12H14N2O5/c1-3-19-9-4-5-10(11(7-9)14(17)18)13-12(16)6-8(2)15/h4-5,7H,3,6H2,1-2H3,(H,13,16). The zero-order valence-corrected chi connectivity index (χ0v) is 10.6. The van der Waals surface area contributed by atoms with E-state index in [-0.39, 0.29) is 23.6 Å².